The summed E-state index contributed by atoms with van der Waals surface area (Å²) < 4.78 is 5.22. The van der Waals surface area contributed by atoms with Crippen molar-refractivity contribution >= 4 is 17.7 Å². The van der Waals surface area contributed by atoms with Gasteiger partial charge in [-0.15, -0.1) is 0 Å². The van der Waals surface area contributed by atoms with Crippen molar-refractivity contribution in [3.63, 3.8) is 0 Å². The van der Waals surface area contributed by atoms with Crippen LogP contribution in [0.1, 0.15) is 63.4 Å². The summed E-state index contributed by atoms with van der Waals surface area (Å²) in [5.74, 6) is -0.195. The minimum Gasteiger partial charge on any atom is -0.444 e. The molecule has 0 atom stereocenters. The van der Waals surface area contributed by atoms with Gasteiger partial charge in [0.1, 0.15) is 5.60 Å². The van der Waals surface area contributed by atoms with Crippen molar-refractivity contribution in [3.05, 3.63) is 42.0 Å². The quantitative estimate of drug-likeness (QED) is 0.880. The minimum absolute atomic E-state index is 0.00167. The van der Waals surface area contributed by atoms with Gasteiger partial charge in [0.2, 0.25) is 0 Å². The summed E-state index contributed by atoms with van der Waals surface area (Å²) in [6.07, 6.45) is 0.708. The fourth-order valence-corrected chi connectivity index (χ4v) is 2.77. The van der Waals surface area contributed by atoms with Crippen LogP contribution in [0.15, 0.2) is 30.8 Å². The molecular formula is C20H28N2O4. The van der Waals surface area contributed by atoms with Gasteiger partial charge in [0.05, 0.1) is 17.4 Å². The Morgan fingerprint density at radius 1 is 1.19 bits per heavy atom. The average Bonchev–Trinajstić information content (AvgIpc) is 2.78. The van der Waals surface area contributed by atoms with Gasteiger partial charge in [0, 0.05) is 11.6 Å². The van der Waals surface area contributed by atoms with Crippen molar-refractivity contribution < 1.29 is 19.2 Å². The molecule has 0 radical (unpaired) electrons. The number of carbonyl (C=O) groups excluding carboxylic acids is 2. The highest BCUT2D eigenvalue weighted by atomic mass is 16.7. The number of nitrogens with zero attached hydrogens (tertiary/aromatic N) is 1. The molecule has 1 aliphatic carbocycles. The van der Waals surface area contributed by atoms with Crippen molar-refractivity contribution in [2.24, 2.45) is 0 Å². The number of carbonyl (C=O) groups is 2. The van der Waals surface area contributed by atoms with E-state index in [9.17, 15) is 9.59 Å². The summed E-state index contributed by atoms with van der Waals surface area (Å²) in [7, 11) is 0. The molecule has 0 spiro atoms. The first kappa shape index (κ1) is 20.0. The maximum atomic E-state index is 12.3. The number of fused-ring (bicyclic) bond motifs is 1. The number of ether oxygens (including phenoxy) is 1. The zero-order valence-corrected chi connectivity index (χ0v) is 16.2. The molecule has 26 heavy (non-hydrogen) atoms. The van der Waals surface area contributed by atoms with Crippen molar-refractivity contribution in [3.8, 4) is 0 Å². The summed E-state index contributed by atoms with van der Waals surface area (Å²) in [4.78, 5) is 29.8. The lowest BCUT2D eigenvalue weighted by molar-refractivity contribution is -0.154. The zero-order valence-electron chi connectivity index (χ0n) is 16.2. The normalized spacial score (nSPS) is 21.3. The molecule has 6 heteroatoms. The van der Waals surface area contributed by atoms with Gasteiger partial charge in [-0.1, -0.05) is 38.6 Å². The molecule has 0 saturated heterocycles. The van der Waals surface area contributed by atoms with Gasteiger partial charge in [-0.3, -0.25) is 9.63 Å². The third kappa shape index (κ3) is 4.43. The molecule has 1 aromatic carbocycles. The molecule has 1 aromatic rings. The van der Waals surface area contributed by atoms with Crippen LogP contribution in [-0.4, -0.2) is 34.8 Å². The lowest BCUT2D eigenvalue weighted by atomic mass is 9.89. The Morgan fingerprint density at radius 2 is 1.77 bits per heavy atom. The molecule has 2 amide bonds. The van der Waals surface area contributed by atoms with E-state index in [4.69, 9.17) is 9.57 Å². The third-order valence-corrected chi connectivity index (χ3v) is 3.97. The molecule has 1 saturated carbocycles. The summed E-state index contributed by atoms with van der Waals surface area (Å²) in [6, 6.07) is 7.30. The van der Waals surface area contributed by atoms with Crippen LogP contribution in [0.3, 0.4) is 0 Å². The molecular weight excluding hydrogens is 332 g/mol. The van der Waals surface area contributed by atoms with Crippen LogP contribution in [0.2, 0.25) is 0 Å². The maximum absolute atomic E-state index is 12.3. The van der Waals surface area contributed by atoms with E-state index >= 15 is 0 Å². The number of hydroxylamine groups is 2. The smallest absolute Gasteiger partial charge is 0.407 e. The second-order valence-corrected chi connectivity index (χ2v) is 7.13. The Hall–Kier alpha value is -2.34. The number of alkyl carbamates (subject to hydrolysis) is 1. The molecule has 0 aromatic heterocycles. The number of hydrogen-bond donors (Lipinski definition) is 1. The molecule has 2 aliphatic rings. The lowest BCUT2D eigenvalue weighted by Gasteiger charge is -2.37. The van der Waals surface area contributed by atoms with Crippen LogP contribution in [0.25, 0.3) is 5.70 Å². The fourth-order valence-electron chi connectivity index (χ4n) is 2.77. The first-order valence-electron chi connectivity index (χ1n) is 9.03. The number of amides is 2. The van der Waals surface area contributed by atoms with E-state index in [0.29, 0.717) is 24.1 Å². The van der Waals surface area contributed by atoms with Crippen LogP contribution in [0.5, 0.6) is 0 Å². The van der Waals surface area contributed by atoms with E-state index in [0.717, 1.165) is 5.56 Å². The highest BCUT2D eigenvalue weighted by molar-refractivity contribution is 6.07. The van der Waals surface area contributed by atoms with Crippen molar-refractivity contribution in [1.29, 1.82) is 0 Å². The van der Waals surface area contributed by atoms with E-state index in [1.165, 1.54) is 5.06 Å². The molecule has 142 valence electrons. The van der Waals surface area contributed by atoms with Crippen molar-refractivity contribution in [2.75, 3.05) is 0 Å². The number of nitrogens with one attached hydrogen (secondary N) is 1. The standard InChI is InChI=1S/C18H22N2O4.C2H6/c1-11-14-7-5-6-8-15(14)16(21)20(11)24-13-9-12(10-13)19-17(22)23-18(2,3)4;1-2/h5-8,12-13H,1,9-10H2,2-4H3,(H,19,22);1-2H3. The third-order valence-electron chi connectivity index (χ3n) is 3.97. The number of hydrogen-bond acceptors (Lipinski definition) is 4. The molecule has 1 heterocycles. The minimum atomic E-state index is -0.519. The number of benzene rings is 1. The van der Waals surface area contributed by atoms with Crippen LogP contribution in [0, 0.1) is 0 Å². The summed E-state index contributed by atoms with van der Waals surface area (Å²) in [5.41, 5.74) is 1.43. The van der Waals surface area contributed by atoms with Crippen LogP contribution >= 0.6 is 0 Å². The molecule has 3 rings (SSSR count). The SMILES string of the molecule is C=C1c2ccccc2C(=O)N1OC1CC(NC(=O)OC(C)(C)C)C1.CC. The summed E-state index contributed by atoms with van der Waals surface area (Å²) in [5, 5.41) is 4.06. The average molecular weight is 360 g/mol. The summed E-state index contributed by atoms with van der Waals surface area (Å²) in [6.45, 7) is 13.4. The first-order chi connectivity index (χ1) is 12.2. The highest BCUT2D eigenvalue weighted by Crippen LogP contribution is 2.34. The van der Waals surface area contributed by atoms with E-state index < -0.39 is 11.7 Å². The van der Waals surface area contributed by atoms with Gasteiger partial charge >= 0.3 is 6.09 Å². The summed E-state index contributed by atoms with van der Waals surface area (Å²) >= 11 is 0. The molecule has 6 nitrogen and oxygen atoms in total. The Morgan fingerprint density at radius 3 is 2.31 bits per heavy atom. The van der Waals surface area contributed by atoms with Crippen molar-refractivity contribution in [1.82, 2.24) is 10.4 Å². The van der Waals surface area contributed by atoms with E-state index in [2.05, 4.69) is 11.9 Å². The topological polar surface area (TPSA) is 67.9 Å². The van der Waals surface area contributed by atoms with Gasteiger partial charge in [-0.05, 0) is 39.7 Å². The monoisotopic (exact) mass is 360 g/mol. The van der Waals surface area contributed by atoms with Gasteiger partial charge < -0.3 is 10.1 Å². The van der Waals surface area contributed by atoms with Crippen LogP contribution in [-0.2, 0) is 9.57 Å². The fraction of sp³-hybridized carbons (Fsp3) is 0.500. The highest BCUT2D eigenvalue weighted by Gasteiger charge is 2.39. The largest absolute Gasteiger partial charge is 0.444 e. The Labute approximate surface area is 155 Å². The van der Waals surface area contributed by atoms with E-state index in [1.807, 2.05) is 52.8 Å². The number of rotatable bonds is 3. The second kappa shape index (κ2) is 7.91. The van der Waals surface area contributed by atoms with Crippen LogP contribution < -0.4 is 5.32 Å². The molecule has 1 fully saturated rings. The zero-order chi connectivity index (χ0) is 19.5. The van der Waals surface area contributed by atoms with Gasteiger partial charge in [0.25, 0.3) is 5.91 Å². The molecule has 1 N–H and O–H groups in total. The van der Waals surface area contributed by atoms with Gasteiger partial charge in [0.15, 0.2) is 0 Å². The van der Waals surface area contributed by atoms with Crippen molar-refractivity contribution in [2.45, 2.75) is 65.2 Å². The Kier molecular flexibility index (Phi) is 6.08. The lowest BCUT2D eigenvalue weighted by Crippen LogP contribution is -2.50. The predicted octanol–water partition coefficient (Wildman–Crippen LogP) is 4.13. The van der Waals surface area contributed by atoms with E-state index in [-0.39, 0.29) is 18.1 Å². The van der Waals surface area contributed by atoms with Gasteiger partial charge in [-0.2, -0.15) is 5.06 Å². The van der Waals surface area contributed by atoms with E-state index in [1.54, 1.807) is 6.07 Å². The maximum Gasteiger partial charge on any atom is 0.407 e. The predicted molar refractivity (Wildman–Crippen MR) is 100 cm³/mol. The molecule has 0 unspecified atom stereocenters. The molecule has 1 aliphatic heterocycles. The Bertz CT molecular complexity index is 652. The van der Waals surface area contributed by atoms with Gasteiger partial charge in [-0.25, -0.2) is 4.79 Å². The molecule has 0 bridgehead atoms. The van der Waals surface area contributed by atoms with Crippen LogP contribution in [0.4, 0.5) is 4.79 Å². The first-order valence-corrected chi connectivity index (χ1v) is 9.03. The Balaban J connectivity index is 0.00000117. The second-order valence-electron chi connectivity index (χ2n) is 7.13.